The first-order chi connectivity index (χ1) is 9.22. The maximum Gasteiger partial charge on any atom is 0.314 e. The average Bonchev–Trinajstić information content (AvgIpc) is 3.22. The molecule has 0 unspecified atom stereocenters. The van der Waals surface area contributed by atoms with Gasteiger partial charge in [0.05, 0.1) is 5.41 Å². The second-order valence-corrected chi connectivity index (χ2v) is 5.88. The van der Waals surface area contributed by atoms with E-state index in [1.807, 2.05) is 18.2 Å². The summed E-state index contributed by atoms with van der Waals surface area (Å²) in [7, 11) is 0. The third-order valence-electron chi connectivity index (χ3n) is 4.53. The minimum atomic E-state index is -0.654. The minimum Gasteiger partial charge on any atom is -0.481 e. The van der Waals surface area contributed by atoms with E-state index in [1.54, 1.807) is 0 Å². The molecular formula is C16H21NO2. The lowest BCUT2D eigenvalue weighted by atomic mass is 9.91. The van der Waals surface area contributed by atoms with Crippen molar-refractivity contribution in [3.63, 3.8) is 0 Å². The molecule has 3 nitrogen and oxygen atoms in total. The highest BCUT2D eigenvalue weighted by Crippen LogP contribution is 2.49. The van der Waals surface area contributed by atoms with Crippen LogP contribution in [0, 0.1) is 0 Å². The van der Waals surface area contributed by atoms with E-state index >= 15 is 0 Å². The molecular weight excluding hydrogens is 238 g/mol. The van der Waals surface area contributed by atoms with Crippen LogP contribution in [0.25, 0.3) is 0 Å². The lowest BCUT2D eigenvalue weighted by molar-refractivity contribution is -0.140. The molecule has 3 rings (SSSR count). The quantitative estimate of drug-likeness (QED) is 0.904. The Labute approximate surface area is 114 Å². The Morgan fingerprint density at radius 3 is 2.47 bits per heavy atom. The Morgan fingerprint density at radius 2 is 1.84 bits per heavy atom. The number of aliphatic carboxylic acids is 1. The highest BCUT2D eigenvalue weighted by Gasteiger charge is 2.52. The van der Waals surface area contributed by atoms with Crippen LogP contribution in [0.4, 0.5) is 0 Å². The van der Waals surface area contributed by atoms with E-state index in [2.05, 4.69) is 11.0 Å². The lowest BCUT2D eigenvalue weighted by Crippen LogP contribution is -2.30. The minimum absolute atomic E-state index is 0.577. The summed E-state index contributed by atoms with van der Waals surface area (Å²) in [6, 6.07) is 8.12. The van der Waals surface area contributed by atoms with E-state index in [1.165, 1.54) is 24.8 Å². The van der Waals surface area contributed by atoms with Crippen molar-refractivity contribution in [1.82, 2.24) is 4.90 Å². The van der Waals surface area contributed by atoms with Crippen molar-refractivity contribution in [2.45, 2.75) is 44.1 Å². The van der Waals surface area contributed by atoms with Crippen LogP contribution in [0.15, 0.2) is 24.3 Å². The lowest BCUT2D eigenvalue weighted by Gasteiger charge is -2.28. The molecule has 0 bridgehead atoms. The number of carboxylic acids is 1. The molecule has 3 heteroatoms. The number of benzene rings is 1. The van der Waals surface area contributed by atoms with Crippen LogP contribution in [-0.4, -0.2) is 29.1 Å². The first-order valence-corrected chi connectivity index (χ1v) is 7.26. The van der Waals surface area contributed by atoms with E-state index in [4.69, 9.17) is 0 Å². The van der Waals surface area contributed by atoms with Gasteiger partial charge in [0.1, 0.15) is 0 Å². The van der Waals surface area contributed by atoms with Gasteiger partial charge in [-0.05, 0) is 49.9 Å². The number of rotatable bonds is 4. The zero-order chi connectivity index (χ0) is 13.3. The molecule has 2 aliphatic rings. The summed E-state index contributed by atoms with van der Waals surface area (Å²) in [5, 5.41) is 9.47. The Morgan fingerprint density at radius 1 is 1.16 bits per heavy atom. The maximum absolute atomic E-state index is 11.5. The van der Waals surface area contributed by atoms with Crippen molar-refractivity contribution >= 4 is 5.97 Å². The summed E-state index contributed by atoms with van der Waals surface area (Å²) in [5.41, 5.74) is 1.68. The van der Waals surface area contributed by atoms with Crippen LogP contribution in [-0.2, 0) is 16.8 Å². The van der Waals surface area contributed by atoms with E-state index in [0.717, 1.165) is 38.0 Å². The molecule has 1 aromatic rings. The average molecular weight is 259 g/mol. The highest BCUT2D eigenvalue weighted by molar-refractivity contribution is 5.85. The number of hydrogen-bond donors (Lipinski definition) is 1. The molecule has 1 aliphatic heterocycles. The molecule has 1 saturated heterocycles. The smallest absolute Gasteiger partial charge is 0.314 e. The van der Waals surface area contributed by atoms with Crippen molar-refractivity contribution in [2.75, 3.05) is 13.1 Å². The van der Waals surface area contributed by atoms with Gasteiger partial charge in [0.25, 0.3) is 0 Å². The van der Waals surface area contributed by atoms with Gasteiger partial charge < -0.3 is 5.11 Å². The summed E-state index contributed by atoms with van der Waals surface area (Å²) < 4.78 is 0. The molecule has 2 fully saturated rings. The molecule has 0 aromatic heterocycles. The van der Waals surface area contributed by atoms with Crippen LogP contribution >= 0.6 is 0 Å². The monoisotopic (exact) mass is 259 g/mol. The normalized spacial score (nSPS) is 22.1. The maximum atomic E-state index is 11.5. The van der Waals surface area contributed by atoms with Crippen LogP contribution in [0.2, 0.25) is 0 Å². The number of carbonyl (C=O) groups is 1. The van der Waals surface area contributed by atoms with Gasteiger partial charge in [-0.15, -0.1) is 0 Å². The zero-order valence-corrected chi connectivity index (χ0v) is 11.3. The van der Waals surface area contributed by atoms with Crippen LogP contribution in [0.3, 0.4) is 0 Å². The summed E-state index contributed by atoms with van der Waals surface area (Å²) in [6.07, 6.45) is 5.45. The van der Waals surface area contributed by atoms with Crippen molar-refractivity contribution < 1.29 is 9.90 Å². The second-order valence-electron chi connectivity index (χ2n) is 5.88. The predicted molar refractivity (Wildman–Crippen MR) is 74.1 cm³/mol. The van der Waals surface area contributed by atoms with E-state index in [0.29, 0.717) is 0 Å². The molecule has 0 atom stereocenters. The van der Waals surface area contributed by atoms with Gasteiger partial charge in [0.2, 0.25) is 0 Å². The first-order valence-electron chi connectivity index (χ1n) is 7.26. The fourth-order valence-electron chi connectivity index (χ4n) is 3.21. The Bertz CT molecular complexity index is 473. The first kappa shape index (κ1) is 12.7. The van der Waals surface area contributed by atoms with E-state index in [-0.39, 0.29) is 0 Å². The topological polar surface area (TPSA) is 40.5 Å². The van der Waals surface area contributed by atoms with Crippen molar-refractivity contribution in [3.05, 3.63) is 35.4 Å². The van der Waals surface area contributed by atoms with Crippen molar-refractivity contribution in [1.29, 1.82) is 0 Å². The van der Waals surface area contributed by atoms with Gasteiger partial charge in [-0.25, -0.2) is 0 Å². The van der Waals surface area contributed by atoms with Gasteiger partial charge in [-0.3, -0.25) is 9.69 Å². The SMILES string of the molecule is O=C(O)C1(c2ccccc2CN2CCCCC2)CC1. The van der Waals surface area contributed by atoms with Crippen molar-refractivity contribution in [3.8, 4) is 0 Å². The van der Waals surface area contributed by atoms with Crippen molar-refractivity contribution in [2.24, 2.45) is 0 Å². The van der Waals surface area contributed by atoms with Gasteiger partial charge in [0.15, 0.2) is 0 Å². The zero-order valence-electron chi connectivity index (χ0n) is 11.3. The molecule has 0 amide bonds. The molecule has 1 aliphatic carbocycles. The fourth-order valence-corrected chi connectivity index (χ4v) is 3.21. The molecule has 0 spiro atoms. The Kier molecular flexibility index (Phi) is 3.31. The standard InChI is InChI=1S/C16H21NO2/c18-15(19)16(8-9-16)14-7-3-2-6-13(14)12-17-10-4-1-5-11-17/h2-3,6-7H,1,4-5,8-12H2,(H,18,19). The molecule has 1 heterocycles. The second kappa shape index (κ2) is 4.97. The third-order valence-corrected chi connectivity index (χ3v) is 4.53. The van der Waals surface area contributed by atoms with Crippen LogP contribution in [0.1, 0.15) is 43.2 Å². The third kappa shape index (κ3) is 2.39. The molecule has 102 valence electrons. The fraction of sp³-hybridized carbons (Fsp3) is 0.562. The van der Waals surface area contributed by atoms with Gasteiger partial charge in [0, 0.05) is 6.54 Å². The number of hydrogen-bond acceptors (Lipinski definition) is 2. The molecule has 1 saturated carbocycles. The predicted octanol–water partition coefficient (Wildman–Crippen LogP) is 2.79. The van der Waals surface area contributed by atoms with Gasteiger partial charge in [-0.2, -0.15) is 0 Å². The van der Waals surface area contributed by atoms with Crippen LogP contribution < -0.4 is 0 Å². The number of likely N-dealkylation sites (tertiary alicyclic amines) is 1. The summed E-state index contributed by atoms with van der Waals surface area (Å²) in [6.45, 7) is 3.20. The molecule has 0 radical (unpaired) electrons. The van der Waals surface area contributed by atoms with E-state index < -0.39 is 11.4 Å². The van der Waals surface area contributed by atoms with Crippen LogP contribution in [0.5, 0.6) is 0 Å². The Balaban J connectivity index is 1.83. The number of nitrogens with zero attached hydrogens (tertiary/aromatic N) is 1. The summed E-state index contributed by atoms with van der Waals surface area (Å²) >= 11 is 0. The van der Waals surface area contributed by atoms with Gasteiger partial charge in [-0.1, -0.05) is 30.7 Å². The molecule has 1 N–H and O–H groups in total. The van der Waals surface area contributed by atoms with Gasteiger partial charge >= 0.3 is 5.97 Å². The highest BCUT2D eigenvalue weighted by atomic mass is 16.4. The number of carboxylic acid groups (broad SMARTS) is 1. The number of piperidine rings is 1. The van der Waals surface area contributed by atoms with E-state index in [9.17, 15) is 9.90 Å². The molecule has 19 heavy (non-hydrogen) atoms. The largest absolute Gasteiger partial charge is 0.481 e. The Hall–Kier alpha value is -1.35. The summed E-state index contributed by atoms with van der Waals surface area (Å²) in [5.74, 6) is -0.654. The summed E-state index contributed by atoms with van der Waals surface area (Å²) in [4.78, 5) is 14.0. The molecule has 1 aromatic carbocycles.